The fourth-order valence-corrected chi connectivity index (χ4v) is 3.76. The zero-order valence-corrected chi connectivity index (χ0v) is 14.2. The van der Waals surface area contributed by atoms with Crippen molar-refractivity contribution in [2.45, 2.75) is 37.7 Å². The highest BCUT2D eigenvalue weighted by molar-refractivity contribution is 9.11. The minimum atomic E-state index is -0.571. The average molecular weight is 393 g/mol. The molecule has 0 saturated heterocycles. The Labute approximate surface area is 131 Å². The Morgan fingerprint density at radius 3 is 2.53 bits per heavy atom. The Balaban J connectivity index is 2.06. The Morgan fingerprint density at radius 1 is 1.21 bits per heavy atom. The summed E-state index contributed by atoms with van der Waals surface area (Å²) in [5.41, 5.74) is 0.372. The minimum absolute atomic E-state index is 0.571. The van der Waals surface area contributed by atoms with Gasteiger partial charge in [-0.25, -0.2) is 0 Å². The van der Waals surface area contributed by atoms with Gasteiger partial charge in [0.2, 0.25) is 0 Å². The quantitative estimate of drug-likeness (QED) is 0.801. The van der Waals surface area contributed by atoms with E-state index in [2.05, 4.69) is 37.2 Å². The zero-order valence-electron chi connectivity index (χ0n) is 11.0. The molecule has 0 spiro atoms. The van der Waals surface area contributed by atoms with Gasteiger partial charge in [0.25, 0.3) is 0 Å². The Bertz CT molecular complexity index is 445. The average Bonchev–Trinajstić information content (AvgIpc) is 2.39. The fraction of sp³-hybridized carbons (Fsp3) is 0.571. The molecule has 5 heteroatoms. The monoisotopic (exact) mass is 391 g/mol. The molecule has 1 fully saturated rings. The molecule has 2 rings (SSSR count). The lowest BCUT2D eigenvalue weighted by Crippen LogP contribution is -2.38. The number of ether oxygens (including phenoxy) is 1. The number of nitrogens with one attached hydrogen (secondary N) is 1. The van der Waals surface area contributed by atoms with Gasteiger partial charge in [0.1, 0.15) is 5.75 Å². The van der Waals surface area contributed by atoms with Gasteiger partial charge in [-0.05, 0) is 50.8 Å². The number of aliphatic hydroxyl groups is 1. The van der Waals surface area contributed by atoms with Crippen LogP contribution in [0.15, 0.2) is 21.1 Å². The summed E-state index contributed by atoms with van der Waals surface area (Å²) in [5, 5.41) is 13.8. The number of methoxy groups -OCH3 is 1. The van der Waals surface area contributed by atoms with E-state index in [1.165, 1.54) is 6.42 Å². The first-order chi connectivity index (χ1) is 9.04. The van der Waals surface area contributed by atoms with Crippen LogP contribution in [0, 0.1) is 0 Å². The second kappa shape index (κ2) is 6.46. The molecule has 0 amide bonds. The van der Waals surface area contributed by atoms with Crippen LogP contribution < -0.4 is 10.1 Å². The molecule has 0 unspecified atom stereocenters. The van der Waals surface area contributed by atoms with E-state index in [1.54, 1.807) is 7.11 Å². The predicted octanol–water partition coefficient (Wildman–Crippen LogP) is 4.33. The van der Waals surface area contributed by atoms with Crippen LogP contribution in [0.5, 0.6) is 5.75 Å². The second-order valence-electron chi connectivity index (χ2n) is 5.11. The number of halogens is 2. The molecule has 0 aliphatic heterocycles. The lowest BCUT2D eigenvalue weighted by Gasteiger charge is -2.32. The summed E-state index contributed by atoms with van der Waals surface area (Å²) in [6.07, 6.45) is 5.22. The maximum atomic E-state index is 10.5. The van der Waals surface area contributed by atoms with Gasteiger partial charge in [-0.1, -0.05) is 19.3 Å². The summed E-state index contributed by atoms with van der Waals surface area (Å²) in [5.74, 6) is 0.779. The van der Waals surface area contributed by atoms with Crippen LogP contribution in [-0.4, -0.2) is 24.4 Å². The fourth-order valence-electron chi connectivity index (χ4n) is 2.47. The Kier molecular flexibility index (Phi) is 5.15. The van der Waals surface area contributed by atoms with Crippen LogP contribution in [0.2, 0.25) is 0 Å². The second-order valence-corrected chi connectivity index (χ2v) is 6.81. The van der Waals surface area contributed by atoms with Crippen molar-refractivity contribution in [1.82, 2.24) is 0 Å². The summed E-state index contributed by atoms with van der Waals surface area (Å²) in [6, 6.07) is 3.88. The molecule has 3 nitrogen and oxygen atoms in total. The van der Waals surface area contributed by atoms with Crippen molar-refractivity contribution in [1.29, 1.82) is 0 Å². The van der Waals surface area contributed by atoms with Crippen LogP contribution >= 0.6 is 31.9 Å². The number of anilines is 1. The Morgan fingerprint density at radius 2 is 1.89 bits per heavy atom. The summed E-state index contributed by atoms with van der Waals surface area (Å²) < 4.78 is 7.15. The van der Waals surface area contributed by atoms with Gasteiger partial charge in [-0.15, -0.1) is 0 Å². The van der Waals surface area contributed by atoms with E-state index < -0.39 is 5.60 Å². The molecular formula is C14H19Br2NO2. The third-order valence-corrected chi connectivity index (χ3v) is 4.91. The van der Waals surface area contributed by atoms with Gasteiger partial charge in [-0.3, -0.25) is 0 Å². The first-order valence-corrected chi connectivity index (χ1v) is 8.12. The number of benzene rings is 1. The van der Waals surface area contributed by atoms with Crippen molar-refractivity contribution in [2.24, 2.45) is 0 Å². The van der Waals surface area contributed by atoms with Crippen LogP contribution in [0.25, 0.3) is 0 Å². The van der Waals surface area contributed by atoms with Crippen molar-refractivity contribution in [3.05, 3.63) is 21.1 Å². The van der Waals surface area contributed by atoms with Crippen molar-refractivity contribution < 1.29 is 9.84 Å². The third-order valence-electron chi connectivity index (χ3n) is 3.63. The number of hydrogen-bond donors (Lipinski definition) is 2. The highest BCUT2D eigenvalue weighted by atomic mass is 79.9. The van der Waals surface area contributed by atoms with Gasteiger partial charge in [0.05, 0.1) is 22.9 Å². The molecule has 2 N–H and O–H groups in total. The summed E-state index contributed by atoms with van der Waals surface area (Å²) in [4.78, 5) is 0. The van der Waals surface area contributed by atoms with Gasteiger partial charge in [0.15, 0.2) is 0 Å². The molecule has 19 heavy (non-hydrogen) atoms. The summed E-state index contributed by atoms with van der Waals surface area (Å²) in [6.45, 7) is 0.580. The van der Waals surface area contributed by atoms with E-state index >= 15 is 0 Å². The largest absolute Gasteiger partial charge is 0.495 e. The number of hydrogen-bond acceptors (Lipinski definition) is 3. The maximum Gasteiger partial charge on any atom is 0.135 e. The molecule has 0 aromatic heterocycles. The van der Waals surface area contributed by atoms with Gasteiger partial charge in [-0.2, -0.15) is 0 Å². The zero-order chi connectivity index (χ0) is 13.9. The molecule has 0 atom stereocenters. The first kappa shape index (κ1) is 15.1. The van der Waals surface area contributed by atoms with Gasteiger partial charge < -0.3 is 15.2 Å². The molecule has 1 aromatic carbocycles. The standard InChI is InChI=1S/C14H19Br2NO2/c1-19-13-8-12(10(15)7-11(13)16)17-9-14(18)5-3-2-4-6-14/h7-8,17-18H,2-6,9H2,1H3. The molecule has 1 aliphatic rings. The minimum Gasteiger partial charge on any atom is -0.495 e. The van der Waals surface area contributed by atoms with Crippen LogP contribution in [-0.2, 0) is 0 Å². The molecular weight excluding hydrogens is 374 g/mol. The predicted molar refractivity (Wildman–Crippen MR) is 84.9 cm³/mol. The lowest BCUT2D eigenvalue weighted by atomic mass is 9.85. The van der Waals surface area contributed by atoms with E-state index in [1.807, 2.05) is 12.1 Å². The van der Waals surface area contributed by atoms with Crippen LogP contribution in [0.4, 0.5) is 5.69 Å². The van der Waals surface area contributed by atoms with Gasteiger partial charge >= 0.3 is 0 Å². The van der Waals surface area contributed by atoms with Crippen LogP contribution in [0.3, 0.4) is 0 Å². The van der Waals surface area contributed by atoms with Crippen molar-refractivity contribution in [3.63, 3.8) is 0 Å². The molecule has 106 valence electrons. The van der Waals surface area contributed by atoms with Crippen molar-refractivity contribution >= 4 is 37.5 Å². The molecule has 1 saturated carbocycles. The van der Waals surface area contributed by atoms with Crippen molar-refractivity contribution in [2.75, 3.05) is 19.0 Å². The van der Waals surface area contributed by atoms with E-state index in [4.69, 9.17) is 4.74 Å². The molecule has 1 aromatic rings. The Hall–Kier alpha value is -0.260. The van der Waals surface area contributed by atoms with Gasteiger partial charge in [0, 0.05) is 17.1 Å². The van der Waals surface area contributed by atoms with E-state index in [-0.39, 0.29) is 0 Å². The van der Waals surface area contributed by atoms with E-state index in [0.717, 1.165) is 46.1 Å². The molecule has 0 heterocycles. The normalized spacial score (nSPS) is 18.1. The molecule has 0 bridgehead atoms. The summed E-state index contributed by atoms with van der Waals surface area (Å²) in [7, 11) is 1.65. The SMILES string of the molecule is COc1cc(NCC2(O)CCCCC2)c(Br)cc1Br. The number of rotatable bonds is 4. The highest BCUT2D eigenvalue weighted by Crippen LogP contribution is 2.35. The van der Waals surface area contributed by atoms with E-state index in [0.29, 0.717) is 6.54 Å². The highest BCUT2D eigenvalue weighted by Gasteiger charge is 2.29. The maximum absolute atomic E-state index is 10.5. The topological polar surface area (TPSA) is 41.5 Å². The molecule has 0 radical (unpaired) electrons. The molecule has 1 aliphatic carbocycles. The van der Waals surface area contributed by atoms with E-state index in [9.17, 15) is 5.11 Å². The third kappa shape index (κ3) is 3.86. The van der Waals surface area contributed by atoms with Crippen LogP contribution in [0.1, 0.15) is 32.1 Å². The lowest BCUT2D eigenvalue weighted by molar-refractivity contribution is 0.0167. The first-order valence-electron chi connectivity index (χ1n) is 6.53. The smallest absolute Gasteiger partial charge is 0.135 e. The van der Waals surface area contributed by atoms with Crippen molar-refractivity contribution in [3.8, 4) is 5.75 Å². The summed E-state index contributed by atoms with van der Waals surface area (Å²) >= 11 is 6.97.